The highest BCUT2D eigenvalue weighted by atomic mass is 35.5. The van der Waals surface area contributed by atoms with Gasteiger partial charge in [0.05, 0.1) is 15.4 Å². The van der Waals surface area contributed by atoms with Gasteiger partial charge < -0.3 is 0 Å². The summed E-state index contributed by atoms with van der Waals surface area (Å²) in [6.45, 7) is 0. The zero-order valence-corrected chi connectivity index (χ0v) is 13.8. The monoisotopic (exact) mass is 365 g/mol. The van der Waals surface area contributed by atoms with Crippen LogP contribution in [0.2, 0.25) is 8.67 Å². The number of amides is 2. The lowest BCUT2D eigenvalue weighted by Gasteiger charge is -2.07. The number of pyridine rings is 1. The maximum absolute atomic E-state index is 12.1. The average molecular weight is 366 g/mol. The lowest BCUT2D eigenvalue weighted by Crippen LogP contribution is -2.41. The van der Waals surface area contributed by atoms with Crippen LogP contribution < -0.4 is 10.9 Å². The fourth-order valence-corrected chi connectivity index (χ4v) is 3.39. The van der Waals surface area contributed by atoms with Crippen LogP contribution in [0.25, 0.3) is 10.9 Å². The number of carbonyl (C=O) groups excluding carboxylic acids is 2. The van der Waals surface area contributed by atoms with Gasteiger partial charge in [-0.05, 0) is 18.2 Å². The molecule has 1 aromatic carbocycles. The van der Waals surface area contributed by atoms with Crippen LogP contribution in [0.15, 0.2) is 42.5 Å². The molecule has 0 radical (unpaired) electrons. The van der Waals surface area contributed by atoms with Crippen LogP contribution in [0.5, 0.6) is 0 Å². The van der Waals surface area contributed by atoms with Gasteiger partial charge >= 0.3 is 0 Å². The number of hydrogen-bond acceptors (Lipinski definition) is 4. The summed E-state index contributed by atoms with van der Waals surface area (Å²) in [5.74, 6) is -1.08. The van der Waals surface area contributed by atoms with E-state index in [4.69, 9.17) is 23.2 Å². The van der Waals surface area contributed by atoms with Crippen molar-refractivity contribution in [1.82, 2.24) is 15.8 Å². The first kappa shape index (κ1) is 15.7. The topological polar surface area (TPSA) is 71.1 Å². The van der Waals surface area contributed by atoms with E-state index in [0.717, 1.165) is 16.7 Å². The van der Waals surface area contributed by atoms with Crippen molar-refractivity contribution in [1.29, 1.82) is 0 Å². The fraction of sp³-hybridized carbons (Fsp3) is 0. The summed E-state index contributed by atoms with van der Waals surface area (Å²) in [5, 5.41) is 0.924. The normalized spacial score (nSPS) is 10.5. The molecule has 0 saturated heterocycles. The highest BCUT2D eigenvalue weighted by molar-refractivity contribution is 7.20. The Bertz CT molecular complexity index is 911. The first-order valence-corrected chi connectivity index (χ1v) is 8.03. The summed E-state index contributed by atoms with van der Waals surface area (Å²) in [5.41, 5.74) is 5.67. The highest BCUT2D eigenvalue weighted by Gasteiger charge is 2.15. The Morgan fingerprint density at radius 3 is 2.48 bits per heavy atom. The molecule has 0 aliphatic carbocycles. The molecule has 116 valence electrons. The van der Waals surface area contributed by atoms with Gasteiger partial charge in [-0.3, -0.25) is 20.4 Å². The van der Waals surface area contributed by atoms with Crippen molar-refractivity contribution in [3.8, 4) is 0 Å². The molecule has 2 amide bonds. The fourth-order valence-electron chi connectivity index (χ4n) is 1.93. The number of hydrogen-bond donors (Lipinski definition) is 2. The highest BCUT2D eigenvalue weighted by Crippen LogP contribution is 2.30. The maximum Gasteiger partial charge on any atom is 0.288 e. The van der Waals surface area contributed by atoms with Gasteiger partial charge in [-0.2, -0.15) is 0 Å². The third-order valence-corrected chi connectivity index (χ3v) is 4.51. The molecule has 0 fully saturated rings. The van der Waals surface area contributed by atoms with Crippen LogP contribution in [-0.2, 0) is 0 Å². The van der Waals surface area contributed by atoms with Crippen molar-refractivity contribution < 1.29 is 9.59 Å². The Hall–Kier alpha value is -2.15. The standard InChI is InChI=1S/C15H9Cl2N3O2S/c16-12-7-9(13(17)23-12)14(21)19-20-15(22)11-6-5-8-3-1-2-4-10(8)18-11/h1-7H,(H,19,21)(H,20,22). The van der Waals surface area contributed by atoms with Crippen molar-refractivity contribution in [3.05, 3.63) is 62.4 Å². The van der Waals surface area contributed by atoms with Gasteiger partial charge in [0.1, 0.15) is 10.0 Å². The largest absolute Gasteiger partial charge is 0.288 e. The van der Waals surface area contributed by atoms with Crippen LogP contribution in [0.3, 0.4) is 0 Å². The molecule has 23 heavy (non-hydrogen) atoms. The summed E-state index contributed by atoms with van der Waals surface area (Å²) in [6.07, 6.45) is 0. The molecule has 2 N–H and O–H groups in total. The van der Waals surface area contributed by atoms with Crippen molar-refractivity contribution in [3.63, 3.8) is 0 Å². The second-order valence-electron chi connectivity index (χ2n) is 4.54. The number of nitrogens with one attached hydrogen (secondary N) is 2. The van der Waals surface area contributed by atoms with E-state index in [9.17, 15) is 9.59 Å². The van der Waals surface area contributed by atoms with E-state index in [1.807, 2.05) is 18.2 Å². The minimum atomic E-state index is -0.549. The lowest BCUT2D eigenvalue weighted by molar-refractivity contribution is 0.0844. The minimum Gasteiger partial charge on any atom is -0.267 e. The van der Waals surface area contributed by atoms with Gasteiger partial charge in [0, 0.05) is 5.39 Å². The number of hydrazine groups is 1. The van der Waals surface area contributed by atoms with Gasteiger partial charge in [0.15, 0.2) is 0 Å². The van der Waals surface area contributed by atoms with Crippen LogP contribution in [0.1, 0.15) is 20.8 Å². The molecule has 0 saturated carbocycles. The van der Waals surface area contributed by atoms with Crippen LogP contribution in [0, 0.1) is 0 Å². The van der Waals surface area contributed by atoms with E-state index < -0.39 is 11.8 Å². The smallest absolute Gasteiger partial charge is 0.267 e. The summed E-state index contributed by atoms with van der Waals surface area (Å²) < 4.78 is 0.647. The number of para-hydroxylation sites is 1. The average Bonchev–Trinajstić information content (AvgIpc) is 2.90. The molecular weight excluding hydrogens is 357 g/mol. The number of aromatic nitrogens is 1. The predicted molar refractivity (Wildman–Crippen MR) is 91.0 cm³/mol. The molecule has 8 heteroatoms. The Labute approximate surface area is 145 Å². The van der Waals surface area contributed by atoms with Gasteiger partial charge in [-0.25, -0.2) is 4.98 Å². The summed E-state index contributed by atoms with van der Waals surface area (Å²) in [7, 11) is 0. The lowest BCUT2D eigenvalue weighted by atomic mass is 10.2. The molecule has 3 aromatic rings. The van der Waals surface area contributed by atoms with Gasteiger partial charge in [0.25, 0.3) is 11.8 Å². The SMILES string of the molecule is O=C(NNC(=O)c1cc(Cl)sc1Cl)c1ccc2ccccc2n1. The number of nitrogens with zero attached hydrogens (tertiary/aromatic N) is 1. The van der Waals surface area contributed by atoms with Crippen molar-refractivity contribution >= 4 is 57.3 Å². The predicted octanol–water partition coefficient (Wildman–Crippen LogP) is 3.68. The first-order valence-electron chi connectivity index (χ1n) is 6.46. The molecule has 0 atom stereocenters. The molecular formula is C15H9Cl2N3O2S. The van der Waals surface area contributed by atoms with E-state index >= 15 is 0 Å². The van der Waals surface area contributed by atoms with Gasteiger partial charge in [-0.1, -0.05) is 47.5 Å². The van der Waals surface area contributed by atoms with E-state index in [-0.39, 0.29) is 15.6 Å². The van der Waals surface area contributed by atoms with Crippen LogP contribution in [-0.4, -0.2) is 16.8 Å². The number of carbonyl (C=O) groups is 2. The number of rotatable bonds is 2. The number of thiophene rings is 1. The molecule has 0 aliphatic heterocycles. The third kappa shape index (κ3) is 3.44. The summed E-state index contributed by atoms with van der Waals surface area (Å²) in [4.78, 5) is 28.3. The molecule has 0 bridgehead atoms. The maximum atomic E-state index is 12.1. The third-order valence-electron chi connectivity index (χ3n) is 3.02. The zero-order chi connectivity index (χ0) is 16.4. The number of benzene rings is 1. The second-order valence-corrected chi connectivity index (χ2v) is 6.82. The Balaban J connectivity index is 1.71. The Morgan fingerprint density at radius 2 is 1.74 bits per heavy atom. The van der Waals surface area contributed by atoms with E-state index in [1.165, 1.54) is 6.07 Å². The van der Waals surface area contributed by atoms with Crippen LogP contribution >= 0.6 is 34.5 Å². The Morgan fingerprint density at radius 1 is 1.00 bits per heavy atom. The van der Waals surface area contributed by atoms with Gasteiger partial charge in [0.2, 0.25) is 0 Å². The van der Waals surface area contributed by atoms with E-state index in [0.29, 0.717) is 9.85 Å². The molecule has 5 nitrogen and oxygen atoms in total. The minimum absolute atomic E-state index is 0.193. The second kappa shape index (κ2) is 6.54. The van der Waals surface area contributed by atoms with Gasteiger partial charge in [-0.15, -0.1) is 11.3 Å². The molecule has 0 aliphatic rings. The molecule has 0 unspecified atom stereocenters. The van der Waals surface area contributed by atoms with E-state index in [1.54, 1.807) is 18.2 Å². The van der Waals surface area contributed by atoms with Crippen molar-refractivity contribution in [2.45, 2.75) is 0 Å². The number of fused-ring (bicyclic) bond motifs is 1. The quantitative estimate of drug-likeness (QED) is 0.680. The molecule has 2 heterocycles. The van der Waals surface area contributed by atoms with E-state index in [2.05, 4.69) is 15.8 Å². The molecule has 0 spiro atoms. The first-order chi connectivity index (χ1) is 11.0. The summed E-state index contributed by atoms with van der Waals surface area (Å²) >= 11 is 12.7. The summed E-state index contributed by atoms with van der Waals surface area (Å²) in [6, 6.07) is 12.2. The molecule has 2 aromatic heterocycles. The number of halogens is 2. The molecule has 3 rings (SSSR count). The van der Waals surface area contributed by atoms with Crippen LogP contribution in [0.4, 0.5) is 0 Å². The zero-order valence-electron chi connectivity index (χ0n) is 11.5. The van der Waals surface area contributed by atoms with Crippen molar-refractivity contribution in [2.75, 3.05) is 0 Å². The van der Waals surface area contributed by atoms with Crippen molar-refractivity contribution in [2.24, 2.45) is 0 Å². The Kier molecular flexibility index (Phi) is 4.47.